The van der Waals surface area contributed by atoms with Crippen LogP contribution >= 0.6 is 11.3 Å². The van der Waals surface area contributed by atoms with Gasteiger partial charge in [-0.3, -0.25) is 9.78 Å². The molecule has 3 rings (SSSR count). The Labute approximate surface area is 140 Å². The summed E-state index contributed by atoms with van der Waals surface area (Å²) in [5, 5.41) is 3.15. The zero-order chi connectivity index (χ0) is 16.4. The van der Waals surface area contributed by atoms with Crippen LogP contribution in [0.25, 0.3) is 0 Å². The van der Waals surface area contributed by atoms with Gasteiger partial charge < -0.3 is 4.90 Å². The Kier molecular flexibility index (Phi) is 4.43. The van der Waals surface area contributed by atoms with Crippen LogP contribution in [0.3, 0.4) is 0 Å². The summed E-state index contributed by atoms with van der Waals surface area (Å²) in [6.45, 7) is 7.24. The molecule has 3 heterocycles. The van der Waals surface area contributed by atoms with E-state index in [0.717, 1.165) is 36.5 Å². The van der Waals surface area contributed by atoms with Crippen molar-refractivity contribution in [2.24, 2.45) is 0 Å². The maximum absolute atomic E-state index is 12.8. The smallest absolute Gasteiger partial charge is 0.274 e. The summed E-state index contributed by atoms with van der Waals surface area (Å²) in [6.07, 6.45) is 7.80. The number of rotatable bonds is 2. The van der Waals surface area contributed by atoms with E-state index in [4.69, 9.17) is 4.98 Å². The molecule has 2 aromatic heterocycles. The lowest BCUT2D eigenvalue weighted by Crippen LogP contribution is -2.39. The summed E-state index contributed by atoms with van der Waals surface area (Å²) in [6, 6.07) is 0.0550. The molecule has 0 bridgehead atoms. The van der Waals surface area contributed by atoms with Crippen LogP contribution < -0.4 is 0 Å². The van der Waals surface area contributed by atoms with E-state index in [1.807, 2.05) is 4.90 Å². The van der Waals surface area contributed by atoms with Crippen molar-refractivity contribution in [3.63, 3.8) is 0 Å². The first-order chi connectivity index (χ1) is 11.0. The third kappa shape index (κ3) is 3.42. The van der Waals surface area contributed by atoms with Crippen molar-refractivity contribution >= 4 is 17.2 Å². The number of carbonyl (C=O) groups excluding carboxylic acids is 1. The van der Waals surface area contributed by atoms with Gasteiger partial charge >= 0.3 is 0 Å². The molecule has 1 fully saturated rings. The Bertz CT molecular complexity index is 677. The first-order valence-electron chi connectivity index (χ1n) is 8.00. The van der Waals surface area contributed by atoms with E-state index >= 15 is 0 Å². The van der Waals surface area contributed by atoms with Crippen molar-refractivity contribution < 1.29 is 4.79 Å². The maximum Gasteiger partial charge on any atom is 0.274 e. The van der Waals surface area contributed by atoms with E-state index in [9.17, 15) is 4.79 Å². The summed E-state index contributed by atoms with van der Waals surface area (Å²) in [4.78, 5) is 27.7. The highest BCUT2D eigenvalue weighted by Gasteiger charge is 2.32. The molecule has 1 unspecified atom stereocenters. The highest BCUT2D eigenvalue weighted by Crippen LogP contribution is 2.35. The van der Waals surface area contributed by atoms with Crippen molar-refractivity contribution in [2.45, 2.75) is 51.5 Å². The first-order valence-corrected chi connectivity index (χ1v) is 8.87. The van der Waals surface area contributed by atoms with E-state index < -0.39 is 0 Å². The van der Waals surface area contributed by atoms with Gasteiger partial charge in [-0.15, -0.1) is 11.3 Å². The van der Waals surface area contributed by atoms with Crippen molar-refractivity contribution in [1.29, 1.82) is 0 Å². The van der Waals surface area contributed by atoms with Crippen LogP contribution in [-0.2, 0) is 5.41 Å². The van der Waals surface area contributed by atoms with Crippen molar-refractivity contribution in [3.8, 4) is 0 Å². The molecule has 0 aliphatic carbocycles. The van der Waals surface area contributed by atoms with Gasteiger partial charge in [-0.2, -0.15) is 0 Å². The predicted octanol–water partition coefficient (Wildman–Crippen LogP) is 3.60. The number of amides is 1. The zero-order valence-electron chi connectivity index (χ0n) is 13.8. The Morgan fingerprint density at radius 1 is 1.30 bits per heavy atom. The second kappa shape index (κ2) is 6.35. The summed E-state index contributed by atoms with van der Waals surface area (Å²) >= 11 is 1.66. The van der Waals surface area contributed by atoms with Crippen LogP contribution in [0, 0.1) is 0 Å². The number of hydrogen-bond acceptors (Lipinski definition) is 5. The fourth-order valence-electron chi connectivity index (χ4n) is 2.77. The predicted molar refractivity (Wildman–Crippen MR) is 90.5 cm³/mol. The number of piperidine rings is 1. The minimum absolute atomic E-state index is 0.0309. The van der Waals surface area contributed by atoms with Crippen LogP contribution in [0.5, 0.6) is 0 Å². The number of thiazole rings is 1. The zero-order valence-corrected chi connectivity index (χ0v) is 14.6. The molecule has 1 saturated heterocycles. The molecule has 0 aromatic carbocycles. The van der Waals surface area contributed by atoms with Crippen LogP contribution in [-0.4, -0.2) is 32.3 Å². The summed E-state index contributed by atoms with van der Waals surface area (Å²) < 4.78 is 0. The third-order valence-electron chi connectivity index (χ3n) is 4.12. The largest absolute Gasteiger partial charge is 0.328 e. The second-order valence-electron chi connectivity index (χ2n) is 6.92. The number of nitrogens with zero attached hydrogens (tertiary/aromatic N) is 4. The average molecular weight is 330 g/mol. The van der Waals surface area contributed by atoms with Gasteiger partial charge in [0.25, 0.3) is 5.91 Å². The van der Waals surface area contributed by atoms with E-state index in [2.05, 4.69) is 36.1 Å². The van der Waals surface area contributed by atoms with Gasteiger partial charge in [-0.25, -0.2) is 9.97 Å². The van der Waals surface area contributed by atoms with Crippen LogP contribution in [0.2, 0.25) is 0 Å². The molecule has 0 N–H and O–H groups in total. The van der Waals surface area contributed by atoms with Gasteiger partial charge in [0.2, 0.25) is 0 Å². The topological polar surface area (TPSA) is 59.0 Å². The maximum atomic E-state index is 12.8. The molecule has 2 aromatic rings. The van der Waals surface area contributed by atoms with Crippen LogP contribution in [0.15, 0.2) is 24.0 Å². The molecular formula is C17H22N4OS. The lowest BCUT2D eigenvalue weighted by Gasteiger charge is -2.34. The minimum atomic E-state index is -0.0460. The minimum Gasteiger partial charge on any atom is -0.328 e. The lowest BCUT2D eigenvalue weighted by molar-refractivity contribution is 0.0604. The fourth-order valence-corrected chi connectivity index (χ4v) is 3.97. The summed E-state index contributed by atoms with van der Waals surface area (Å²) in [5.41, 5.74) is 1.53. The number of likely N-dealkylation sites (tertiary alicyclic amines) is 1. The molecule has 0 radical (unpaired) electrons. The molecule has 122 valence electrons. The molecule has 0 saturated carbocycles. The number of carbonyl (C=O) groups is 1. The van der Waals surface area contributed by atoms with Crippen molar-refractivity contribution in [3.05, 3.63) is 40.4 Å². The summed E-state index contributed by atoms with van der Waals surface area (Å²) in [5.74, 6) is -0.0460. The number of hydrogen-bond donors (Lipinski definition) is 0. The Morgan fingerprint density at radius 2 is 2.13 bits per heavy atom. The SMILES string of the molecule is CC(C)(C)c1csc(C2CCCCN2C(=O)c2cnccn2)n1. The molecule has 0 spiro atoms. The molecule has 1 amide bonds. The van der Waals surface area contributed by atoms with Gasteiger partial charge in [0, 0.05) is 29.7 Å². The Morgan fingerprint density at radius 3 is 2.78 bits per heavy atom. The monoisotopic (exact) mass is 330 g/mol. The number of aromatic nitrogens is 3. The van der Waals surface area contributed by atoms with E-state index in [1.54, 1.807) is 23.7 Å². The highest BCUT2D eigenvalue weighted by atomic mass is 32.1. The van der Waals surface area contributed by atoms with Gasteiger partial charge in [0.1, 0.15) is 10.7 Å². The van der Waals surface area contributed by atoms with Gasteiger partial charge in [0.05, 0.1) is 17.9 Å². The molecule has 5 nitrogen and oxygen atoms in total. The molecule has 23 heavy (non-hydrogen) atoms. The van der Waals surface area contributed by atoms with Gasteiger partial charge in [-0.05, 0) is 19.3 Å². The van der Waals surface area contributed by atoms with Crippen LogP contribution in [0.4, 0.5) is 0 Å². The lowest BCUT2D eigenvalue weighted by atomic mass is 9.93. The van der Waals surface area contributed by atoms with E-state index in [-0.39, 0.29) is 17.4 Å². The third-order valence-corrected chi connectivity index (χ3v) is 5.07. The first kappa shape index (κ1) is 16.1. The normalized spacial score (nSPS) is 18.9. The average Bonchev–Trinajstić information content (AvgIpc) is 3.05. The Balaban J connectivity index is 1.87. The highest BCUT2D eigenvalue weighted by molar-refractivity contribution is 7.09. The molecule has 6 heteroatoms. The summed E-state index contributed by atoms with van der Waals surface area (Å²) in [7, 11) is 0. The standard InChI is InChI=1S/C17H22N4OS/c1-17(2,3)14-11-23-15(20-14)13-6-4-5-9-21(13)16(22)12-10-18-7-8-19-12/h7-8,10-11,13H,4-6,9H2,1-3H3. The fraction of sp³-hybridized carbons (Fsp3) is 0.529. The molecule has 1 atom stereocenters. The molecule has 1 aliphatic heterocycles. The van der Waals surface area contributed by atoms with Crippen molar-refractivity contribution in [2.75, 3.05) is 6.54 Å². The Hall–Kier alpha value is -1.82. The van der Waals surface area contributed by atoms with E-state index in [0.29, 0.717) is 5.69 Å². The quantitative estimate of drug-likeness (QED) is 0.844. The van der Waals surface area contributed by atoms with E-state index in [1.165, 1.54) is 6.20 Å². The second-order valence-corrected chi connectivity index (χ2v) is 7.81. The molecular weight excluding hydrogens is 308 g/mol. The van der Waals surface area contributed by atoms with Crippen molar-refractivity contribution in [1.82, 2.24) is 19.9 Å². The van der Waals surface area contributed by atoms with Gasteiger partial charge in [0.15, 0.2) is 0 Å². The van der Waals surface area contributed by atoms with Gasteiger partial charge in [-0.1, -0.05) is 20.8 Å². The molecule has 1 aliphatic rings. The van der Waals surface area contributed by atoms with Crippen LogP contribution in [0.1, 0.15) is 67.3 Å².